The fourth-order valence-electron chi connectivity index (χ4n) is 2.84. The van der Waals surface area contributed by atoms with Crippen molar-refractivity contribution >= 4 is 29.9 Å². The molecule has 1 atom stereocenters. The lowest BCUT2D eigenvalue weighted by molar-refractivity contribution is -0.173. The van der Waals surface area contributed by atoms with Crippen LogP contribution in [0.25, 0.3) is 0 Å². The van der Waals surface area contributed by atoms with Crippen LogP contribution in [-0.2, 0) is 9.47 Å². The highest BCUT2D eigenvalue weighted by molar-refractivity contribution is 14.0. The second kappa shape index (κ2) is 8.53. The van der Waals surface area contributed by atoms with Crippen molar-refractivity contribution in [2.75, 3.05) is 53.1 Å². The molecule has 0 aliphatic carbocycles. The third-order valence-electron chi connectivity index (χ3n) is 3.93. The fraction of sp³-hybridized carbons (Fsp3) is 0.923. The molecule has 130 valence electrons. The van der Waals surface area contributed by atoms with Crippen molar-refractivity contribution in [2.45, 2.75) is 19.0 Å². The molecule has 2 rings (SSSR count). The summed E-state index contributed by atoms with van der Waals surface area (Å²) >= 11 is 0. The molecule has 22 heavy (non-hydrogen) atoms. The molecule has 2 saturated heterocycles. The standard InChI is InChI=1S/C13H22F3N3O2.HI/c1-17-11(18-4-7-21-10-13(14,15)16)19-5-2-12(8-19)3-6-20-9-12;/h2-10H2,1H3,(H,17,18);1H. The molecule has 5 nitrogen and oxygen atoms in total. The van der Waals surface area contributed by atoms with E-state index >= 15 is 0 Å². The predicted molar refractivity (Wildman–Crippen MR) is 87.7 cm³/mol. The average molecular weight is 437 g/mol. The van der Waals surface area contributed by atoms with Gasteiger partial charge in [-0.3, -0.25) is 4.99 Å². The maximum absolute atomic E-state index is 11.9. The summed E-state index contributed by atoms with van der Waals surface area (Å²) in [6, 6.07) is 0. The highest BCUT2D eigenvalue weighted by Gasteiger charge is 2.42. The highest BCUT2D eigenvalue weighted by Crippen LogP contribution is 2.38. The van der Waals surface area contributed by atoms with E-state index in [4.69, 9.17) is 4.74 Å². The van der Waals surface area contributed by atoms with Gasteiger partial charge in [-0.05, 0) is 12.8 Å². The number of nitrogens with zero attached hydrogens (tertiary/aromatic N) is 2. The molecule has 0 aromatic rings. The van der Waals surface area contributed by atoms with E-state index in [-0.39, 0.29) is 36.0 Å². The molecule has 2 aliphatic heterocycles. The molecule has 2 fully saturated rings. The summed E-state index contributed by atoms with van der Waals surface area (Å²) in [4.78, 5) is 6.32. The van der Waals surface area contributed by atoms with Gasteiger partial charge in [0.05, 0.1) is 13.2 Å². The first kappa shape index (κ1) is 19.8. The lowest BCUT2D eigenvalue weighted by Crippen LogP contribution is -2.42. The second-order valence-corrected chi connectivity index (χ2v) is 5.62. The smallest absolute Gasteiger partial charge is 0.381 e. The highest BCUT2D eigenvalue weighted by atomic mass is 127. The van der Waals surface area contributed by atoms with E-state index in [1.54, 1.807) is 7.05 Å². The molecule has 0 aromatic carbocycles. The third-order valence-corrected chi connectivity index (χ3v) is 3.93. The van der Waals surface area contributed by atoms with E-state index in [1.807, 2.05) is 0 Å². The molecule has 1 spiro atoms. The Kier molecular flexibility index (Phi) is 7.66. The van der Waals surface area contributed by atoms with E-state index < -0.39 is 12.8 Å². The minimum atomic E-state index is -4.27. The van der Waals surface area contributed by atoms with Crippen molar-refractivity contribution in [3.8, 4) is 0 Å². The van der Waals surface area contributed by atoms with Crippen LogP contribution in [-0.4, -0.2) is 70.1 Å². The molecule has 2 aliphatic rings. The van der Waals surface area contributed by atoms with Gasteiger partial charge in [-0.2, -0.15) is 13.2 Å². The summed E-state index contributed by atoms with van der Waals surface area (Å²) in [5.74, 6) is 0.717. The van der Waals surface area contributed by atoms with Gasteiger partial charge in [0.1, 0.15) is 6.61 Å². The first-order valence-electron chi connectivity index (χ1n) is 7.12. The first-order valence-corrected chi connectivity index (χ1v) is 7.12. The molecular weight excluding hydrogens is 414 g/mol. The van der Waals surface area contributed by atoms with Crippen molar-refractivity contribution in [3.05, 3.63) is 0 Å². The van der Waals surface area contributed by atoms with E-state index in [1.165, 1.54) is 0 Å². The maximum Gasteiger partial charge on any atom is 0.411 e. The van der Waals surface area contributed by atoms with Crippen molar-refractivity contribution < 1.29 is 22.6 Å². The Balaban J connectivity index is 0.00000242. The van der Waals surface area contributed by atoms with Gasteiger partial charge in [0, 0.05) is 38.7 Å². The summed E-state index contributed by atoms with van der Waals surface area (Å²) in [5.41, 5.74) is 0.227. The molecular formula is C13H23F3IN3O2. The molecule has 0 radical (unpaired) electrons. The quantitative estimate of drug-likeness (QED) is 0.316. The Morgan fingerprint density at radius 3 is 2.77 bits per heavy atom. The summed E-state index contributed by atoms with van der Waals surface area (Å²) in [6.45, 7) is 2.48. The largest absolute Gasteiger partial charge is 0.411 e. The number of hydrogen-bond acceptors (Lipinski definition) is 3. The van der Waals surface area contributed by atoms with Gasteiger partial charge in [0.2, 0.25) is 0 Å². The predicted octanol–water partition coefficient (Wildman–Crippen LogP) is 1.87. The zero-order chi connectivity index (χ0) is 15.3. The summed E-state index contributed by atoms with van der Waals surface area (Å²) < 4.78 is 45.8. The van der Waals surface area contributed by atoms with E-state index in [0.717, 1.165) is 45.1 Å². The van der Waals surface area contributed by atoms with E-state index in [2.05, 4.69) is 19.9 Å². The fourth-order valence-corrected chi connectivity index (χ4v) is 2.84. The van der Waals surface area contributed by atoms with Gasteiger partial charge in [0.25, 0.3) is 0 Å². The molecule has 0 aromatic heterocycles. The van der Waals surface area contributed by atoms with Gasteiger partial charge in [-0.25, -0.2) is 0 Å². The van der Waals surface area contributed by atoms with Gasteiger partial charge >= 0.3 is 6.18 Å². The van der Waals surface area contributed by atoms with Crippen molar-refractivity contribution in [1.29, 1.82) is 0 Å². The number of nitrogens with one attached hydrogen (secondary N) is 1. The number of ether oxygens (including phenoxy) is 2. The van der Waals surface area contributed by atoms with Crippen LogP contribution in [0.15, 0.2) is 4.99 Å². The zero-order valence-electron chi connectivity index (χ0n) is 12.6. The SMILES string of the molecule is CN=C(NCCOCC(F)(F)F)N1CCC2(CCOC2)C1.I. The lowest BCUT2D eigenvalue weighted by atomic mass is 9.87. The van der Waals surface area contributed by atoms with Gasteiger partial charge in [0.15, 0.2) is 5.96 Å². The van der Waals surface area contributed by atoms with E-state index in [9.17, 15) is 13.2 Å². The summed E-state index contributed by atoms with van der Waals surface area (Å²) in [6.07, 6.45) is -2.14. The van der Waals surface area contributed by atoms with Crippen molar-refractivity contribution in [3.63, 3.8) is 0 Å². The van der Waals surface area contributed by atoms with Crippen LogP contribution < -0.4 is 5.32 Å². The number of hydrogen-bond donors (Lipinski definition) is 1. The molecule has 1 unspecified atom stereocenters. The molecule has 0 amide bonds. The first-order chi connectivity index (χ1) is 9.94. The van der Waals surface area contributed by atoms with Crippen LogP contribution >= 0.6 is 24.0 Å². The van der Waals surface area contributed by atoms with Gasteiger partial charge in [-0.15, -0.1) is 24.0 Å². The number of guanidine groups is 1. The number of aliphatic imine (C=N–C) groups is 1. The topological polar surface area (TPSA) is 46.1 Å². The van der Waals surface area contributed by atoms with Crippen LogP contribution in [0.1, 0.15) is 12.8 Å². The summed E-state index contributed by atoms with van der Waals surface area (Å²) in [5, 5.41) is 3.05. The Bertz CT molecular complexity index is 374. The maximum atomic E-state index is 11.9. The van der Waals surface area contributed by atoms with Gasteiger partial charge in [-0.1, -0.05) is 0 Å². The van der Waals surface area contributed by atoms with Crippen LogP contribution in [0.4, 0.5) is 13.2 Å². The minimum absolute atomic E-state index is 0. The Labute approximate surface area is 145 Å². The van der Waals surface area contributed by atoms with Crippen LogP contribution in [0, 0.1) is 5.41 Å². The minimum Gasteiger partial charge on any atom is -0.381 e. The second-order valence-electron chi connectivity index (χ2n) is 5.62. The zero-order valence-corrected chi connectivity index (χ0v) is 14.9. The monoisotopic (exact) mass is 437 g/mol. The number of rotatable bonds is 4. The molecule has 1 N–H and O–H groups in total. The Morgan fingerprint density at radius 2 is 2.18 bits per heavy atom. The Hall–Kier alpha value is -0.290. The summed E-state index contributed by atoms with van der Waals surface area (Å²) in [7, 11) is 1.68. The van der Waals surface area contributed by atoms with E-state index in [0.29, 0.717) is 6.54 Å². The number of alkyl halides is 3. The van der Waals surface area contributed by atoms with Crippen molar-refractivity contribution in [1.82, 2.24) is 10.2 Å². The third kappa shape index (κ3) is 5.73. The molecule has 9 heteroatoms. The average Bonchev–Trinajstić information content (AvgIpc) is 3.04. The number of likely N-dealkylation sites (tertiary alicyclic amines) is 1. The molecule has 0 saturated carbocycles. The van der Waals surface area contributed by atoms with Crippen LogP contribution in [0.5, 0.6) is 0 Å². The lowest BCUT2D eigenvalue weighted by Gasteiger charge is -2.24. The molecule has 2 heterocycles. The van der Waals surface area contributed by atoms with Crippen molar-refractivity contribution in [2.24, 2.45) is 10.4 Å². The van der Waals surface area contributed by atoms with Crippen LogP contribution in [0.2, 0.25) is 0 Å². The Morgan fingerprint density at radius 1 is 1.41 bits per heavy atom. The molecule has 0 bridgehead atoms. The van der Waals surface area contributed by atoms with Crippen LogP contribution in [0.3, 0.4) is 0 Å². The normalized spacial score (nSPS) is 25.6. The number of halogens is 4. The van der Waals surface area contributed by atoms with Gasteiger partial charge < -0.3 is 19.7 Å².